The quantitative estimate of drug-likeness (QED) is 0.492. The van der Waals surface area contributed by atoms with Crippen molar-refractivity contribution in [2.24, 2.45) is 0 Å². The van der Waals surface area contributed by atoms with Crippen LogP contribution in [0.5, 0.6) is 0 Å². The molecule has 0 bridgehead atoms. The van der Waals surface area contributed by atoms with Crippen molar-refractivity contribution < 1.29 is 0 Å². The van der Waals surface area contributed by atoms with Crippen LogP contribution in [-0.2, 0) is 0 Å². The SMILES string of the molecule is C=C1/C=C\C=C/CCCCC1. The molecule has 60 valence electrons. The lowest BCUT2D eigenvalue weighted by molar-refractivity contribution is 0.688. The fraction of sp³-hybridized carbons (Fsp3) is 0.455. The van der Waals surface area contributed by atoms with Crippen LogP contribution in [0, 0.1) is 0 Å². The predicted molar refractivity (Wildman–Crippen MR) is 50.5 cm³/mol. The van der Waals surface area contributed by atoms with Gasteiger partial charge in [-0.3, -0.25) is 0 Å². The van der Waals surface area contributed by atoms with Crippen LogP contribution in [0.4, 0.5) is 0 Å². The minimum absolute atomic E-state index is 1.17. The van der Waals surface area contributed by atoms with Crippen molar-refractivity contribution in [2.45, 2.75) is 32.1 Å². The van der Waals surface area contributed by atoms with Crippen molar-refractivity contribution in [3.63, 3.8) is 0 Å². The van der Waals surface area contributed by atoms with Gasteiger partial charge in [-0.2, -0.15) is 0 Å². The molecule has 0 atom stereocenters. The summed E-state index contributed by atoms with van der Waals surface area (Å²) in [4.78, 5) is 0. The molecule has 11 heavy (non-hydrogen) atoms. The zero-order valence-corrected chi connectivity index (χ0v) is 7.05. The van der Waals surface area contributed by atoms with E-state index in [0.717, 1.165) is 0 Å². The molecular weight excluding hydrogens is 132 g/mol. The summed E-state index contributed by atoms with van der Waals surface area (Å²) >= 11 is 0. The van der Waals surface area contributed by atoms with E-state index in [-0.39, 0.29) is 0 Å². The number of hydrogen-bond donors (Lipinski definition) is 0. The van der Waals surface area contributed by atoms with E-state index in [0.29, 0.717) is 0 Å². The second-order valence-corrected chi connectivity index (χ2v) is 3.04. The Kier molecular flexibility index (Phi) is 3.74. The Hall–Kier alpha value is -0.780. The van der Waals surface area contributed by atoms with Crippen LogP contribution in [0.2, 0.25) is 0 Å². The van der Waals surface area contributed by atoms with Crippen molar-refractivity contribution in [2.75, 3.05) is 0 Å². The first-order valence-electron chi connectivity index (χ1n) is 4.40. The highest BCUT2D eigenvalue weighted by Gasteiger charge is 1.91. The summed E-state index contributed by atoms with van der Waals surface area (Å²) in [7, 11) is 0. The maximum Gasteiger partial charge on any atom is -0.0285 e. The zero-order chi connectivity index (χ0) is 7.94. The van der Waals surface area contributed by atoms with Crippen molar-refractivity contribution >= 4 is 0 Å². The van der Waals surface area contributed by atoms with Gasteiger partial charge < -0.3 is 0 Å². The zero-order valence-electron chi connectivity index (χ0n) is 7.05. The average Bonchev–Trinajstić information content (AvgIpc) is 2.03. The van der Waals surface area contributed by atoms with Gasteiger partial charge in [-0.05, 0) is 25.7 Å². The van der Waals surface area contributed by atoms with E-state index in [2.05, 4.69) is 30.9 Å². The Bertz CT molecular complexity index is 172. The molecule has 1 rings (SSSR count). The van der Waals surface area contributed by atoms with Crippen molar-refractivity contribution in [3.05, 3.63) is 36.5 Å². The normalized spacial score (nSPS) is 26.0. The van der Waals surface area contributed by atoms with E-state index >= 15 is 0 Å². The summed E-state index contributed by atoms with van der Waals surface area (Å²) in [5.41, 5.74) is 1.26. The molecule has 0 aromatic rings. The van der Waals surface area contributed by atoms with Gasteiger partial charge in [0.1, 0.15) is 0 Å². The minimum atomic E-state index is 1.17. The molecule has 0 spiro atoms. The molecule has 0 N–H and O–H groups in total. The highest BCUT2D eigenvalue weighted by Crippen LogP contribution is 2.11. The molecule has 0 aromatic heterocycles. The maximum absolute atomic E-state index is 3.97. The summed E-state index contributed by atoms with van der Waals surface area (Å²) in [5, 5.41) is 0. The topological polar surface area (TPSA) is 0 Å². The van der Waals surface area contributed by atoms with Gasteiger partial charge in [-0.15, -0.1) is 0 Å². The van der Waals surface area contributed by atoms with E-state index in [1.807, 2.05) is 0 Å². The predicted octanol–water partition coefficient (Wildman–Crippen LogP) is 3.62. The Morgan fingerprint density at radius 3 is 2.91 bits per heavy atom. The summed E-state index contributed by atoms with van der Waals surface area (Å²) < 4.78 is 0. The first-order valence-corrected chi connectivity index (χ1v) is 4.40. The van der Waals surface area contributed by atoms with Crippen LogP contribution in [0.3, 0.4) is 0 Å². The Morgan fingerprint density at radius 1 is 1.09 bits per heavy atom. The second-order valence-electron chi connectivity index (χ2n) is 3.04. The van der Waals surface area contributed by atoms with Gasteiger partial charge in [-0.25, -0.2) is 0 Å². The molecule has 0 aliphatic heterocycles. The monoisotopic (exact) mass is 148 g/mol. The standard InChI is InChI=1S/C11H16/c1-11-9-7-5-3-2-4-6-8-10-11/h3,5,7,9H,1-2,4,6,8,10H2/b5-3-,9-7-. The van der Waals surface area contributed by atoms with Gasteiger partial charge in [0.15, 0.2) is 0 Å². The van der Waals surface area contributed by atoms with Gasteiger partial charge in [0.05, 0.1) is 0 Å². The molecule has 0 saturated carbocycles. The molecule has 1 aliphatic carbocycles. The minimum Gasteiger partial charge on any atom is -0.0958 e. The molecule has 0 radical (unpaired) electrons. The van der Waals surface area contributed by atoms with Gasteiger partial charge in [-0.1, -0.05) is 42.9 Å². The van der Waals surface area contributed by atoms with Crippen LogP contribution in [0.15, 0.2) is 36.5 Å². The van der Waals surface area contributed by atoms with Crippen molar-refractivity contribution in [3.8, 4) is 0 Å². The van der Waals surface area contributed by atoms with Crippen LogP contribution >= 0.6 is 0 Å². The lowest BCUT2D eigenvalue weighted by Gasteiger charge is -2.00. The van der Waals surface area contributed by atoms with Gasteiger partial charge in [0, 0.05) is 0 Å². The van der Waals surface area contributed by atoms with Crippen LogP contribution < -0.4 is 0 Å². The Morgan fingerprint density at radius 2 is 2.00 bits per heavy atom. The lowest BCUT2D eigenvalue weighted by atomic mass is 10.1. The fourth-order valence-corrected chi connectivity index (χ4v) is 1.24. The van der Waals surface area contributed by atoms with E-state index < -0.39 is 0 Å². The van der Waals surface area contributed by atoms with E-state index in [4.69, 9.17) is 0 Å². The molecule has 0 unspecified atom stereocenters. The largest absolute Gasteiger partial charge is 0.0958 e. The second kappa shape index (κ2) is 4.95. The van der Waals surface area contributed by atoms with Crippen molar-refractivity contribution in [1.82, 2.24) is 0 Å². The fourth-order valence-electron chi connectivity index (χ4n) is 1.24. The highest BCUT2D eigenvalue weighted by atomic mass is 14.0. The summed E-state index contributed by atoms with van der Waals surface area (Å²) in [6.07, 6.45) is 14.9. The van der Waals surface area contributed by atoms with Crippen LogP contribution in [-0.4, -0.2) is 0 Å². The average molecular weight is 148 g/mol. The summed E-state index contributed by atoms with van der Waals surface area (Å²) in [6, 6.07) is 0. The van der Waals surface area contributed by atoms with E-state index in [9.17, 15) is 0 Å². The molecule has 0 heterocycles. The van der Waals surface area contributed by atoms with E-state index in [1.54, 1.807) is 0 Å². The molecule has 0 nitrogen and oxygen atoms in total. The Labute approximate surface area is 69.3 Å². The third kappa shape index (κ3) is 3.82. The first-order chi connectivity index (χ1) is 5.39. The molecule has 0 amide bonds. The molecule has 0 fully saturated rings. The van der Waals surface area contributed by atoms with Gasteiger partial charge in [0.2, 0.25) is 0 Å². The number of allylic oxidation sites excluding steroid dienone is 5. The number of rotatable bonds is 0. The Balaban J connectivity index is 2.44. The highest BCUT2D eigenvalue weighted by molar-refractivity contribution is 5.19. The summed E-state index contributed by atoms with van der Waals surface area (Å²) in [6.45, 7) is 3.97. The van der Waals surface area contributed by atoms with Gasteiger partial charge in [0.25, 0.3) is 0 Å². The first kappa shape index (κ1) is 8.32. The van der Waals surface area contributed by atoms with E-state index in [1.165, 1.54) is 37.7 Å². The lowest BCUT2D eigenvalue weighted by Crippen LogP contribution is -1.81. The smallest absolute Gasteiger partial charge is 0.0285 e. The molecular formula is C11H16. The molecule has 0 heteroatoms. The maximum atomic E-state index is 3.97. The molecule has 1 aliphatic rings. The molecule has 0 saturated heterocycles. The van der Waals surface area contributed by atoms with Crippen LogP contribution in [0.25, 0.3) is 0 Å². The van der Waals surface area contributed by atoms with Gasteiger partial charge >= 0.3 is 0 Å². The third-order valence-electron chi connectivity index (χ3n) is 1.95. The van der Waals surface area contributed by atoms with Crippen molar-refractivity contribution in [1.29, 1.82) is 0 Å². The third-order valence-corrected chi connectivity index (χ3v) is 1.95. The summed E-state index contributed by atoms with van der Waals surface area (Å²) in [5.74, 6) is 0. The molecule has 0 aromatic carbocycles. The van der Waals surface area contributed by atoms with Crippen LogP contribution in [0.1, 0.15) is 32.1 Å². The number of hydrogen-bond acceptors (Lipinski definition) is 0.